The van der Waals surface area contributed by atoms with Crippen LogP contribution in [0.1, 0.15) is 50.9 Å². The van der Waals surface area contributed by atoms with Crippen molar-refractivity contribution in [2.45, 2.75) is 17.4 Å². The molecular formula is C63H42N2. The molecule has 0 saturated carbocycles. The molecule has 14 rings (SSSR count). The van der Waals surface area contributed by atoms with Crippen LogP contribution in [0.15, 0.2) is 237 Å². The van der Waals surface area contributed by atoms with E-state index in [2.05, 4.69) is 234 Å². The molecule has 0 fully saturated rings. The zero-order valence-electron chi connectivity index (χ0n) is 35.7. The predicted molar refractivity (Wildman–Crippen MR) is 271 cm³/mol. The molecule has 2 nitrogen and oxygen atoms in total. The molecule has 2 atom stereocenters. The molecule has 0 radical (unpaired) electrons. The van der Waals surface area contributed by atoms with Gasteiger partial charge in [0.05, 0.1) is 28.2 Å². The zero-order chi connectivity index (χ0) is 42.8. The summed E-state index contributed by atoms with van der Waals surface area (Å²) in [5.41, 5.74) is 19.7. The van der Waals surface area contributed by atoms with Gasteiger partial charge in [-0.05, 0) is 119 Å². The first-order chi connectivity index (χ1) is 32.1. The van der Waals surface area contributed by atoms with Crippen molar-refractivity contribution in [2.75, 3.05) is 0 Å². The minimum atomic E-state index is -0.414. The minimum absolute atomic E-state index is 0.0500. The summed E-state index contributed by atoms with van der Waals surface area (Å²) in [7, 11) is 0. The number of allylic oxidation sites excluding steroid dienone is 1. The van der Waals surface area contributed by atoms with E-state index >= 15 is 0 Å². The summed E-state index contributed by atoms with van der Waals surface area (Å²) in [6.07, 6.45) is 2.41. The second-order valence-corrected chi connectivity index (χ2v) is 18.1. The number of benzene rings is 10. The van der Waals surface area contributed by atoms with Crippen LogP contribution >= 0.6 is 0 Å². The smallest absolute Gasteiger partial charge is 0.0734 e. The molecule has 0 saturated heterocycles. The van der Waals surface area contributed by atoms with Crippen LogP contribution in [0.3, 0.4) is 0 Å². The van der Waals surface area contributed by atoms with Gasteiger partial charge in [-0.25, -0.2) is 0 Å². The third-order valence-corrected chi connectivity index (χ3v) is 14.9. The van der Waals surface area contributed by atoms with Gasteiger partial charge in [0, 0.05) is 27.8 Å². The fraction of sp³-hybridized carbons (Fsp3) is 0.0476. The predicted octanol–water partition coefficient (Wildman–Crippen LogP) is 15.5. The Bertz CT molecular complexity index is 3780. The van der Waals surface area contributed by atoms with Gasteiger partial charge in [-0.15, -0.1) is 0 Å². The summed E-state index contributed by atoms with van der Waals surface area (Å²) in [6.45, 7) is 5.00. The number of nitrogens with one attached hydrogen (secondary N) is 1. The number of fused-ring (bicyclic) bond motifs is 15. The summed E-state index contributed by atoms with van der Waals surface area (Å²) >= 11 is 0. The topological polar surface area (TPSA) is 17.0 Å². The van der Waals surface area contributed by atoms with E-state index in [0.717, 1.165) is 16.8 Å². The van der Waals surface area contributed by atoms with E-state index in [9.17, 15) is 0 Å². The van der Waals surface area contributed by atoms with E-state index in [-0.39, 0.29) is 12.0 Å². The number of rotatable bonds is 4. The second kappa shape index (κ2) is 13.6. The lowest BCUT2D eigenvalue weighted by molar-refractivity contribution is 0.661. The van der Waals surface area contributed by atoms with E-state index in [1.54, 1.807) is 0 Å². The monoisotopic (exact) mass is 826 g/mol. The summed E-state index contributed by atoms with van der Waals surface area (Å²) in [4.78, 5) is 0. The van der Waals surface area contributed by atoms with Crippen LogP contribution in [-0.2, 0) is 5.41 Å². The largest absolute Gasteiger partial charge is 0.374 e. The molecule has 1 N–H and O–H groups in total. The Morgan fingerprint density at radius 2 is 1.02 bits per heavy atom. The highest BCUT2D eigenvalue weighted by Crippen LogP contribution is 2.63. The average Bonchev–Trinajstić information content (AvgIpc) is 3.97. The van der Waals surface area contributed by atoms with Crippen LogP contribution in [0, 0.1) is 0 Å². The first-order valence-corrected chi connectivity index (χ1v) is 22.8. The van der Waals surface area contributed by atoms with Gasteiger partial charge in [0.1, 0.15) is 0 Å². The Hall–Kier alpha value is -8.20. The first-order valence-electron chi connectivity index (χ1n) is 22.8. The lowest BCUT2D eigenvalue weighted by Crippen LogP contribution is -2.29. The highest BCUT2D eigenvalue weighted by molar-refractivity contribution is 6.14. The van der Waals surface area contributed by atoms with Gasteiger partial charge in [-0.2, -0.15) is 0 Å². The first kappa shape index (κ1) is 36.3. The SMILES string of the molecule is C=C1C(c2ccc3c(c2)C2(c4ccccc4-c4ccccc42)c2ccccc2-3)C=C(c2ccccc2)NC1c1ccc2cccc(-n3c4ccccc4c4cc5ccccc5cc43)c2c1. The molecule has 2 heteroatoms. The molecule has 2 aliphatic carbocycles. The Kier molecular flexibility index (Phi) is 7.62. The number of hydrogen-bond donors (Lipinski definition) is 1. The quantitative estimate of drug-likeness (QED) is 0.175. The molecule has 11 aromatic rings. The van der Waals surface area contributed by atoms with E-state index in [4.69, 9.17) is 6.58 Å². The van der Waals surface area contributed by atoms with Crippen LogP contribution in [0.5, 0.6) is 0 Å². The third kappa shape index (κ3) is 5.05. The maximum atomic E-state index is 5.00. The molecule has 304 valence electrons. The van der Waals surface area contributed by atoms with Gasteiger partial charge in [0.15, 0.2) is 0 Å². The van der Waals surface area contributed by atoms with Crippen molar-refractivity contribution in [3.05, 3.63) is 276 Å². The van der Waals surface area contributed by atoms with Crippen LogP contribution in [0.25, 0.3) is 77.0 Å². The molecule has 3 aliphatic rings. The minimum Gasteiger partial charge on any atom is -0.374 e. The van der Waals surface area contributed by atoms with E-state index in [0.29, 0.717) is 0 Å². The Morgan fingerprint density at radius 1 is 0.415 bits per heavy atom. The van der Waals surface area contributed by atoms with Gasteiger partial charge in [0.2, 0.25) is 0 Å². The van der Waals surface area contributed by atoms with Crippen molar-refractivity contribution in [1.82, 2.24) is 9.88 Å². The number of para-hydroxylation sites is 1. The fourth-order valence-electron chi connectivity index (χ4n) is 12.0. The summed E-state index contributed by atoms with van der Waals surface area (Å²) in [5.74, 6) is -0.0500. The standard InChI is InChI=1S/C63H42N2/c1-39-51(44-32-33-49-48-23-9-13-27-56(48)63(57(49)36-44)54-25-11-7-21-46(54)47-22-8-12-26-55(47)63)38-58(41-16-3-2-4-17-41)64-62(39)45-31-30-40-20-15-29-60(52(40)35-45)65-59-28-14-10-24-50(59)53-34-42-18-5-6-19-43(42)37-61(53)65/h2-38,51,62,64H,1H2. The molecule has 2 heterocycles. The fourth-order valence-corrected chi connectivity index (χ4v) is 12.0. The Balaban J connectivity index is 0.949. The molecule has 65 heavy (non-hydrogen) atoms. The van der Waals surface area contributed by atoms with Crippen LogP contribution in [0.2, 0.25) is 0 Å². The molecule has 1 aromatic heterocycles. The Morgan fingerprint density at radius 3 is 1.75 bits per heavy atom. The average molecular weight is 827 g/mol. The van der Waals surface area contributed by atoms with Crippen LogP contribution < -0.4 is 5.32 Å². The number of aromatic nitrogens is 1. The van der Waals surface area contributed by atoms with E-state index in [1.807, 2.05) is 0 Å². The zero-order valence-corrected chi connectivity index (χ0v) is 35.7. The van der Waals surface area contributed by atoms with Gasteiger partial charge in [-0.1, -0.05) is 195 Å². The molecule has 2 unspecified atom stereocenters. The molecule has 0 amide bonds. The maximum Gasteiger partial charge on any atom is 0.0734 e. The van der Waals surface area contributed by atoms with Gasteiger partial charge < -0.3 is 9.88 Å². The van der Waals surface area contributed by atoms with Crippen LogP contribution in [-0.4, -0.2) is 4.57 Å². The van der Waals surface area contributed by atoms with Crippen molar-refractivity contribution < 1.29 is 0 Å². The van der Waals surface area contributed by atoms with Crippen molar-refractivity contribution in [3.8, 4) is 27.9 Å². The second-order valence-electron chi connectivity index (χ2n) is 18.1. The van der Waals surface area contributed by atoms with E-state index < -0.39 is 5.41 Å². The normalized spacial score (nSPS) is 16.7. The maximum absolute atomic E-state index is 5.00. The molecule has 1 aliphatic heterocycles. The molecular weight excluding hydrogens is 785 g/mol. The van der Waals surface area contributed by atoms with Gasteiger partial charge >= 0.3 is 0 Å². The molecule has 1 spiro atoms. The van der Waals surface area contributed by atoms with E-state index in [1.165, 1.54) is 105 Å². The van der Waals surface area contributed by atoms with Crippen molar-refractivity contribution >= 4 is 49.0 Å². The third-order valence-electron chi connectivity index (χ3n) is 14.9. The van der Waals surface area contributed by atoms with Gasteiger partial charge in [-0.3, -0.25) is 0 Å². The highest BCUT2D eigenvalue weighted by Gasteiger charge is 2.51. The van der Waals surface area contributed by atoms with Crippen molar-refractivity contribution in [1.29, 1.82) is 0 Å². The van der Waals surface area contributed by atoms with Crippen molar-refractivity contribution in [3.63, 3.8) is 0 Å². The summed E-state index contributed by atoms with van der Waals surface area (Å²) in [5, 5.41) is 11.5. The van der Waals surface area contributed by atoms with Crippen molar-refractivity contribution in [2.24, 2.45) is 0 Å². The molecule has 10 aromatic carbocycles. The lowest BCUT2D eigenvalue weighted by Gasteiger charge is -2.35. The van der Waals surface area contributed by atoms with Crippen LogP contribution in [0.4, 0.5) is 0 Å². The van der Waals surface area contributed by atoms with Gasteiger partial charge in [0.25, 0.3) is 0 Å². The number of hydrogen-bond acceptors (Lipinski definition) is 1. The highest BCUT2D eigenvalue weighted by atomic mass is 15.0. The lowest BCUT2D eigenvalue weighted by atomic mass is 9.69. The number of nitrogens with zero attached hydrogens (tertiary/aromatic N) is 1. The molecule has 0 bridgehead atoms. The summed E-state index contributed by atoms with van der Waals surface area (Å²) < 4.78 is 2.47. The summed E-state index contributed by atoms with van der Waals surface area (Å²) in [6, 6.07) is 81.1. The Labute approximate surface area is 378 Å².